The Hall–Kier alpha value is -3.54. The lowest BCUT2D eigenvalue weighted by molar-refractivity contribution is 0.355. The van der Waals surface area contributed by atoms with Crippen LogP contribution in [0.1, 0.15) is 0 Å². The van der Waals surface area contributed by atoms with Gasteiger partial charge >= 0.3 is 0 Å². The highest BCUT2D eigenvalue weighted by Crippen LogP contribution is 2.35. The van der Waals surface area contributed by atoms with Crippen LogP contribution < -0.4 is 9.47 Å². The fourth-order valence-corrected chi connectivity index (χ4v) is 3.33. The van der Waals surface area contributed by atoms with Crippen molar-refractivity contribution in [3.05, 3.63) is 48.8 Å². The van der Waals surface area contributed by atoms with Crippen molar-refractivity contribution in [3.8, 4) is 11.5 Å². The maximum absolute atomic E-state index is 5.40. The molecule has 0 aliphatic rings. The summed E-state index contributed by atoms with van der Waals surface area (Å²) in [5.74, 6) is 1.25. The largest absolute Gasteiger partial charge is 0.493 e. The Labute approximate surface area is 148 Å². The monoisotopic (exact) mass is 342 g/mol. The van der Waals surface area contributed by atoms with E-state index in [0.717, 1.165) is 43.9 Å². The van der Waals surface area contributed by atoms with E-state index in [2.05, 4.69) is 9.97 Å². The van der Waals surface area contributed by atoms with Gasteiger partial charge in [-0.15, -0.1) is 0 Å². The fourth-order valence-electron chi connectivity index (χ4n) is 3.33. The molecule has 3 heterocycles. The predicted molar refractivity (Wildman–Crippen MR) is 101 cm³/mol. The Morgan fingerprint density at radius 2 is 1.12 bits per heavy atom. The van der Waals surface area contributed by atoms with Crippen LogP contribution in [0.2, 0.25) is 0 Å². The minimum Gasteiger partial charge on any atom is -0.493 e. The van der Waals surface area contributed by atoms with Gasteiger partial charge in [0.05, 0.1) is 47.3 Å². The zero-order valence-electron chi connectivity index (χ0n) is 14.2. The third-order valence-electron chi connectivity index (χ3n) is 4.52. The van der Waals surface area contributed by atoms with Gasteiger partial charge in [0, 0.05) is 35.3 Å². The zero-order valence-corrected chi connectivity index (χ0v) is 14.2. The molecule has 0 unspecified atom stereocenters. The second kappa shape index (κ2) is 5.49. The first-order valence-corrected chi connectivity index (χ1v) is 8.15. The standard InChI is InChI=1S/C20H14N4O2/c1-25-15-9-13-14(10-16(15)26-2)24-20-12-6-4-8-22-18(12)17-11(19(20)23-13)5-3-7-21-17/h3-10H,1-2H3. The fraction of sp³-hybridized carbons (Fsp3) is 0.100. The Morgan fingerprint density at radius 3 is 1.54 bits per heavy atom. The zero-order chi connectivity index (χ0) is 17.7. The molecule has 0 bridgehead atoms. The van der Waals surface area contributed by atoms with Gasteiger partial charge in [-0.25, -0.2) is 9.97 Å². The first-order valence-electron chi connectivity index (χ1n) is 8.15. The van der Waals surface area contributed by atoms with Gasteiger partial charge in [-0.3, -0.25) is 9.97 Å². The third kappa shape index (κ3) is 1.99. The van der Waals surface area contributed by atoms with Gasteiger partial charge in [0.25, 0.3) is 0 Å². The number of benzene rings is 2. The maximum Gasteiger partial charge on any atom is 0.163 e. The molecule has 0 saturated carbocycles. The second-order valence-electron chi connectivity index (χ2n) is 5.92. The molecule has 0 saturated heterocycles. The molecule has 126 valence electrons. The molecular weight excluding hydrogens is 328 g/mol. The molecule has 6 heteroatoms. The number of fused-ring (bicyclic) bond motifs is 7. The van der Waals surface area contributed by atoms with Crippen LogP contribution in [0, 0.1) is 0 Å². The van der Waals surface area contributed by atoms with Crippen LogP contribution in [0.15, 0.2) is 48.8 Å². The summed E-state index contributed by atoms with van der Waals surface area (Å²) in [6.07, 6.45) is 3.54. The first-order chi connectivity index (χ1) is 12.8. The smallest absolute Gasteiger partial charge is 0.163 e. The van der Waals surface area contributed by atoms with Gasteiger partial charge in [-0.2, -0.15) is 0 Å². The van der Waals surface area contributed by atoms with Crippen LogP contribution in [0.5, 0.6) is 11.5 Å². The van der Waals surface area contributed by atoms with E-state index in [1.807, 2.05) is 36.4 Å². The Bertz CT molecular complexity index is 1220. The van der Waals surface area contributed by atoms with Crippen molar-refractivity contribution in [2.75, 3.05) is 14.2 Å². The van der Waals surface area contributed by atoms with Crippen LogP contribution in [0.3, 0.4) is 0 Å². The molecule has 5 rings (SSSR count). The number of aromatic nitrogens is 4. The van der Waals surface area contributed by atoms with E-state index in [1.54, 1.807) is 26.6 Å². The van der Waals surface area contributed by atoms with Crippen molar-refractivity contribution in [1.29, 1.82) is 0 Å². The SMILES string of the molecule is COc1cc2nc3c4cccnc4c4ncccc4c3nc2cc1OC. The van der Waals surface area contributed by atoms with Crippen LogP contribution in [-0.4, -0.2) is 34.2 Å². The Balaban J connectivity index is 2.03. The average Bonchev–Trinajstić information content (AvgIpc) is 2.71. The van der Waals surface area contributed by atoms with Gasteiger partial charge in [0.15, 0.2) is 11.5 Å². The molecule has 6 nitrogen and oxygen atoms in total. The predicted octanol–water partition coefficient (Wildman–Crippen LogP) is 3.90. The highest BCUT2D eigenvalue weighted by molar-refractivity contribution is 6.21. The molecule has 0 N–H and O–H groups in total. The maximum atomic E-state index is 5.40. The van der Waals surface area contributed by atoms with Crippen molar-refractivity contribution in [1.82, 2.24) is 19.9 Å². The van der Waals surface area contributed by atoms with Crippen LogP contribution in [0.4, 0.5) is 0 Å². The van der Waals surface area contributed by atoms with Gasteiger partial charge in [0.1, 0.15) is 0 Å². The highest BCUT2D eigenvalue weighted by atomic mass is 16.5. The van der Waals surface area contributed by atoms with Crippen molar-refractivity contribution >= 4 is 43.9 Å². The minimum atomic E-state index is 0.624. The number of hydrogen-bond donors (Lipinski definition) is 0. The summed E-state index contributed by atoms with van der Waals surface area (Å²) in [6.45, 7) is 0. The molecule has 0 spiro atoms. The number of nitrogens with zero attached hydrogens (tertiary/aromatic N) is 4. The molecule has 0 fully saturated rings. The van der Waals surface area contributed by atoms with E-state index in [4.69, 9.17) is 19.4 Å². The number of hydrogen-bond acceptors (Lipinski definition) is 6. The van der Waals surface area contributed by atoms with Gasteiger partial charge in [-0.05, 0) is 24.3 Å². The molecule has 0 atom stereocenters. The van der Waals surface area contributed by atoms with E-state index in [1.165, 1.54) is 0 Å². The molecule has 5 aromatic rings. The average molecular weight is 342 g/mol. The topological polar surface area (TPSA) is 70.0 Å². The summed E-state index contributed by atoms with van der Waals surface area (Å²) < 4.78 is 10.8. The summed E-state index contributed by atoms with van der Waals surface area (Å²) in [5, 5.41) is 1.86. The summed E-state index contributed by atoms with van der Waals surface area (Å²) in [7, 11) is 3.22. The molecule has 3 aromatic heterocycles. The molecule has 26 heavy (non-hydrogen) atoms. The number of pyridine rings is 2. The van der Waals surface area contributed by atoms with Crippen LogP contribution >= 0.6 is 0 Å². The summed E-state index contributed by atoms with van der Waals surface area (Å²) in [6, 6.07) is 11.5. The van der Waals surface area contributed by atoms with E-state index in [9.17, 15) is 0 Å². The molecule has 0 amide bonds. The van der Waals surface area contributed by atoms with Crippen molar-refractivity contribution in [3.63, 3.8) is 0 Å². The lowest BCUT2D eigenvalue weighted by Crippen LogP contribution is -1.96. The molecule has 0 aliphatic heterocycles. The Morgan fingerprint density at radius 1 is 0.654 bits per heavy atom. The quantitative estimate of drug-likeness (QED) is 0.358. The highest BCUT2D eigenvalue weighted by Gasteiger charge is 2.15. The molecule has 0 radical (unpaired) electrons. The van der Waals surface area contributed by atoms with Crippen molar-refractivity contribution in [2.24, 2.45) is 0 Å². The molecule has 0 aliphatic carbocycles. The van der Waals surface area contributed by atoms with Gasteiger partial charge in [-0.1, -0.05) is 0 Å². The van der Waals surface area contributed by atoms with Crippen molar-refractivity contribution in [2.45, 2.75) is 0 Å². The normalized spacial score (nSPS) is 11.5. The molecule has 2 aromatic carbocycles. The summed E-state index contributed by atoms with van der Waals surface area (Å²) >= 11 is 0. The number of ether oxygens (including phenoxy) is 2. The van der Waals surface area contributed by atoms with E-state index in [-0.39, 0.29) is 0 Å². The van der Waals surface area contributed by atoms with Gasteiger partial charge in [0.2, 0.25) is 0 Å². The second-order valence-corrected chi connectivity index (χ2v) is 5.92. The molecular formula is C20H14N4O2. The van der Waals surface area contributed by atoms with E-state index < -0.39 is 0 Å². The summed E-state index contributed by atoms with van der Waals surface area (Å²) in [4.78, 5) is 18.8. The van der Waals surface area contributed by atoms with Crippen molar-refractivity contribution < 1.29 is 9.47 Å². The minimum absolute atomic E-state index is 0.624. The Kier molecular flexibility index (Phi) is 3.12. The van der Waals surface area contributed by atoms with Gasteiger partial charge < -0.3 is 9.47 Å². The lowest BCUT2D eigenvalue weighted by Gasteiger charge is -2.11. The summed E-state index contributed by atoms with van der Waals surface area (Å²) in [5.41, 5.74) is 4.73. The number of methoxy groups -OCH3 is 2. The van der Waals surface area contributed by atoms with E-state index >= 15 is 0 Å². The van der Waals surface area contributed by atoms with Crippen LogP contribution in [0.25, 0.3) is 43.9 Å². The first kappa shape index (κ1) is 14.8. The lowest BCUT2D eigenvalue weighted by atomic mass is 10.1. The third-order valence-corrected chi connectivity index (χ3v) is 4.52. The van der Waals surface area contributed by atoms with Crippen LogP contribution in [-0.2, 0) is 0 Å². The number of rotatable bonds is 2. The van der Waals surface area contributed by atoms with E-state index in [0.29, 0.717) is 11.5 Å².